The average Bonchev–Trinajstić information content (AvgIpc) is 2.55. The summed E-state index contributed by atoms with van der Waals surface area (Å²) in [7, 11) is 1.59. The topological polar surface area (TPSA) is 80.4 Å². The van der Waals surface area contributed by atoms with E-state index < -0.39 is 12.1 Å². The van der Waals surface area contributed by atoms with Gasteiger partial charge in [0.1, 0.15) is 11.8 Å². The summed E-state index contributed by atoms with van der Waals surface area (Å²) < 4.78 is 10.5. The van der Waals surface area contributed by atoms with Crippen LogP contribution in [0.5, 0.6) is 0 Å². The summed E-state index contributed by atoms with van der Waals surface area (Å²) in [4.78, 5) is 27.9. The van der Waals surface area contributed by atoms with Crippen molar-refractivity contribution in [3.8, 4) is 0 Å². The van der Waals surface area contributed by atoms with E-state index >= 15 is 0 Å². The zero-order valence-corrected chi connectivity index (χ0v) is 13.6. The van der Waals surface area contributed by atoms with Gasteiger partial charge in [0.15, 0.2) is 0 Å². The Bertz CT molecular complexity index is 739. The molecular weight excluding hydrogens is 296 g/mol. The molecule has 6 heteroatoms. The summed E-state index contributed by atoms with van der Waals surface area (Å²) in [6.07, 6.45) is 1.67. The number of amides is 1. The van der Waals surface area contributed by atoms with E-state index in [-0.39, 0.29) is 11.0 Å². The Morgan fingerprint density at radius 3 is 2.78 bits per heavy atom. The molecule has 0 aliphatic rings. The summed E-state index contributed by atoms with van der Waals surface area (Å²) in [5, 5.41) is 3.19. The molecule has 1 aromatic carbocycles. The summed E-state index contributed by atoms with van der Waals surface area (Å²) in [5.74, 6) is -0.439. The lowest BCUT2D eigenvalue weighted by molar-refractivity contribution is 0.0326. The van der Waals surface area contributed by atoms with Crippen molar-refractivity contribution in [2.24, 2.45) is 0 Å². The third-order valence-corrected chi connectivity index (χ3v) is 3.53. The Hall–Kier alpha value is -2.18. The van der Waals surface area contributed by atoms with Crippen LogP contribution in [-0.2, 0) is 16.1 Å². The molecule has 6 nitrogen and oxygen atoms in total. The highest BCUT2D eigenvalue weighted by atomic mass is 16.5. The maximum absolute atomic E-state index is 12.6. The van der Waals surface area contributed by atoms with Crippen LogP contribution in [0.2, 0.25) is 0 Å². The molecule has 2 N–H and O–H groups in total. The molecule has 0 bridgehead atoms. The number of pyridine rings is 1. The highest BCUT2D eigenvalue weighted by Gasteiger charge is 2.16. The van der Waals surface area contributed by atoms with Crippen molar-refractivity contribution in [3.63, 3.8) is 0 Å². The van der Waals surface area contributed by atoms with Crippen LogP contribution in [0.25, 0.3) is 10.9 Å². The van der Waals surface area contributed by atoms with Crippen molar-refractivity contribution in [1.29, 1.82) is 0 Å². The first kappa shape index (κ1) is 17.2. The number of hydrogen-bond acceptors (Lipinski definition) is 4. The maximum Gasteiger partial charge on any atom is 0.258 e. The second kappa shape index (κ2) is 7.89. The van der Waals surface area contributed by atoms with Gasteiger partial charge in [-0.05, 0) is 31.0 Å². The normalized spacial score (nSPS) is 12.3. The van der Waals surface area contributed by atoms with E-state index in [1.807, 2.05) is 26.0 Å². The number of carbonyl (C=O) groups excluding carboxylic acids is 1. The molecular formula is C17H22N2O4. The van der Waals surface area contributed by atoms with Crippen molar-refractivity contribution >= 4 is 16.8 Å². The minimum atomic E-state index is -0.439. The van der Waals surface area contributed by atoms with Gasteiger partial charge in [-0.25, -0.2) is 0 Å². The van der Waals surface area contributed by atoms with Crippen molar-refractivity contribution in [3.05, 3.63) is 45.7 Å². The number of H-pyrrole nitrogens is 1. The van der Waals surface area contributed by atoms with Crippen LogP contribution < -0.4 is 10.7 Å². The van der Waals surface area contributed by atoms with Crippen LogP contribution in [-0.4, -0.2) is 30.8 Å². The summed E-state index contributed by atoms with van der Waals surface area (Å²) in [6, 6.07) is 5.43. The highest BCUT2D eigenvalue weighted by Crippen LogP contribution is 2.12. The second-order valence-corrected chi connectivity index (χ2v) is 5.17. The fourth-order valence-electron chi connectivity index (χ4n) is 2.38. The summed E-state index contributed by atoms with van der Waals surface area (Å²) in [5.41, 5.74) is 1.33. The van der Waals surface area contributed by atoms with Crippen molar-refractivity contribution in [2.45, 2.75) is 33.1 Å². The Morgan fingerprint density at radius 1 is 1.35 bits per heavy atom. The molecule has 0 aliphatic carbocycles. The van der Waals surface area contributed by atoms with E-state index in [1.165, 1.54) is 6.20 Å². The molecule has 23 heavy (non-hydrogen) atoms. The van der Waals surface area contributed by atoms with Gasteiger partial charge in [-0.2, -0.15) is 0 Å². The Labute approximate surface area is 134 Å². The SMILES string of the molecule is CCOC(CC)NC(=O)c1c[nH]c2ccc(COC)cc2c1=O. The number of aromatic amines is 1. The number of carbonyl (C=O) groups is 1. The Morgan fingerprint density at radius 2 is 2.13 bits per heavy atom. The van der Waals surface area contributed by atoms with Crippen molar-refractivity contribution in [2.75, 3.05) is 13.7 Å². The van der Waals surface area contributed by atoms with E-state index in [1.54, 1.807) is 13.2 Å². The predicted molar refractivity (Wildman–Crippen MR) is 88.5 cm³/mol. The fourth-order valence-corrected chi connectivity index (χ4v) is 2.38. The fraction of sp³-hybridized carbons (Fsp3) is 0.412. The molecule has 1 heterocycles. The molecule has 0 saturated carbocycles. The van der Waals surface area contributed by atoms with Gasteiger partial charge in [0.05, 0.1) is 6.61 Å². The van der Waals surface area contributed by atoms with Gasteiger partial charge in [0.2, 0.25) is 5.43 Å². The lowest BCUT2D eigenvalue weighted by Gasteiger charge is -2.16. The molecule has 0 aliphatic heterocycles. The zero-order valence-electron chi connectivity index (χ0n) is 13.6. The minimum absolute atomic E-state index is 0.0743. The second-order valence-electron chi connectivity index (χ2n) is 5.17. The molecule has 1 amide bonds. The maximum atomic E-state index is 12.6. The third-order valence-electron chi connectivity index (χ3n) is 3.53. The smallest absolute Gasteiger partial charge is 0.258 e. The number of benzene rings is 1. The predicted octanol–water partition coefficient (Wildman–Crippen LogP) is 2.18. The monoisotopic (exact) mass is 318 g/mol. The lowest BCUT2D eigenvalue weighted by Crippen LogP contribution is -2.38. The first-order valence-electron chi connectivity index (χ1n) is 7.66. The van der Waals surface area contributed by atoms with Crippen LogP contribution in [0.15, 0.2) is 29.2 Å². The van der Waals surface area contributed by atoms with Gasteiger partial charge in [-0.1, -0.05) is 13.0 Å². The molecule has 1 aromatic heterocycles. The van der Waals surface area contributed by atoms with E-state index in [0.717, 1.165) is 5.56 Å². The number of rotatable bonds is 7. The molecule has 2 aromatic rings. The van der Waals surface area contributed by atoms with Gasteiger partial charge in [-0.3, -0.25) is 9.59 Å². The van der Waals surface area contributed by atoms with Gasteiger partial charge < -0.3 is 19.8 Å². The molecule has 0 spiro atoms. The molecule has 1 atom stereocenters. The zero-order chi connectivity index (χ0) is 16.8. The van der Waals surface area contributed by atoms with Gasteiger partial charge in [-0.15, -0.1) is 0 Å². The van der Waals surface area contributed by atoms with Gasteiger partial charge >= 0.3 is 0 Å². The minimum Gasteiger partial charge on any atom is -0.380 e. The van der Waals surface area contributed by atoms with Gasteiger partial charge in [0, 0.05) is 30.8 Å². The molecule has 0 radical (unpaired) electrons. The average molecular weight is 318 g/mol. The largest absolute Gasteiger partial charge is 0.380 e. The highest BCUT2D eigenvalue weighted by molar-refractivity contribution is 5.97. The van der Waals surface area contributed by atoms with Crippen LogP contribution >= 0.6 is 0 Å². The summed E-state index contributed by atoms with van der Waals surface area (Å²) in [6.45, 7) is 4.67. The van der Waals surface area contributed by atoms with Crippen molar-refractivity contribution in [1.82, 2.24) is 10.3 Å². The number of hydrogen-bond donors (Lipinski definition) is 2. The van der Waals surface area contributed by atoms with E-state index in [0.29, 0.717) is 30.5 Å². The Kier molecular flexibility index (Phi) is 5.90. The molecule has 2 rings (SSSR count). The lowest BCUT2D eigenvalue weighted by atomic mass is 10.1. The quantitative estimate of drug-likeness (QED) is 0.767. The van der Waals surface area contributed by atoms with Crippen LogP contribution in [0.4, 0.5) is 0 Å². The third kappa shape index (κ3) is 3.97. The number of nitrogens with one attached hydrogen (secondary N) is 2. The number of methoxy groups -OCH3 is 1. The molecule has 1 unspecified atom stereocenters. The first-order valence-corrected chi connectivity index (χ1v) is 7.66. The molecule has 0 saturated heterocycles. The van der Waals surface area contributed by atoms with E-state index in [2.05, 4.69) is 10.3 Å². The number of fused-ring (bicyclic) bond motifs is 1. The van der Waals surface area contributed by atoms with Crippen LogP contribution in [0.3, 0.4) is 0 Å². The number of ether oxygens (including phenoxy) is 2. The Balaban J connectivity index is 2.35. The molecule has 0 fully saturated rings. The van der Waals surface area contributed by atoms with Crippen molar-refractivity contribution < 1.29 is 14.3 Å². The number of aromatic nitrogens is 1. The molecule has 124 valence electrons. The summed E-state index contributed by atoms with van der Waals surface area (Å²) >= 11 is 0. The van der Waals surface area contributed by atoms with Gasteiger partial charge in [0.25, 0.3) is 5.91 Å². The van der Waals surface area contributed by atoms with E-state index in [4.69, 9.17) is 9.47 Å². The standard InChI is InChI=1S/C17H22N2O4/c1-4-15(23-5-2)19-17(21)13-9-18-14-7-6-11(10-22-3)8-12(14)16(13)20/h6-9,15H,4-5,10H2,1-3H3,(H,18,20)(H,19,21). The van der Waals surface area contributed by atoms with Crippen LogP contribution in [0, 0.1) is 0 Å². The van der Waals surface area contributed by atoms with Crippen LogP contribution in [0.1, 0.15) is 36.2 Å². The first-order chi connectivity index (χ1) is 11.1. The van der Waals surface area contributed by atoms with E-state index in [9.17, 15) is 9.59 Å².